The minimum absolute atomic E-state index is 0.0766. The second-order valence-corrected chi connectivity index (χ2v) is 7.24. The lowest BCUT2D eigenvalue weighted by atomic mass is 10.0. The highest BCUT2D eigenvalue weighted by Crippen LogP contribution is 2.30. The van der Waals surface area contributed by atoms with Gasteiger partial charge in [-0.3, -0.25) is 9.52 Å². The van der Waals surface area contributed by atoms with Crippen LogP contribution in [0.5, 0.6) is 5.75 Å². The summed E-state index contributed by atoms with van der Waals surface area (Å²) in [5, 5.41) is 10.0. The van der Waals surface area contributed by atoms with E-state index in [1.807, 2.05) is 13.8 Å². The minimum Gasteiger partial charge on any atom is -0.506 e. The zero-order valence-corrected chi connectivity index (χ0v) is 14.0. The van der Waals surface area contributed by atoms with Crippen LogP contribution >= 0.6 is 0 Å². The van der Waals surface area contributed by atoms with E-state index >= 15 is 0 Å². The number of carbonyl (C=O) groups excluding carboxylic acids is 1. The van der Waals surface area contributed by atoms with Crippen molar-refractivity contribution in [3.05, 3.63) is 53.6 Å². The van der Waals surface area contributed by atoms with Gasteiger partial charge in [0.1, 0.15) is 5.75 Å². The number of ketones is 1. The van der Waals surface area contributed by atoms with E-state index in [0.29, 0.717) is 0 Å². The number of hydrogen-bond donors (Lipinski definition) is 2. The summed E-state index contributed by atoms with van der Waals surface area (Å²) >= 11 is 0. The maximum atomic E-state index is 12.5. The normalized spacial score (nSPS) is 11.5. The zero-order chi connectivity index (χ0) is 17.2. The van der Waals surface area contributed by atoms with Crippen molar-refractivity contribution in [3.63, 3.8) is 0 Å². The quantitative estimate of drug-likeness (QED) is 0.648. The third kappa shape index (κ3) is 3.71. The number of Topliss-reactive ketones (excluding diaryl/α,β-unsaturated/α-hetero) is 1. The summed E-state index contributed by atoms with van der Waals surface area (Å²) < 4.78 is 27.4. The summed E-state index contributed by atoms with van der Waals surface area (Å²) in [6.07, 6.45) is 0. The summed E-state index contributed by atoms with van der Waals surface area (Å²) in [6.45, 7) is 5.26. The second kappa shape index (κ2) is 6.42. The predicted octanol–water partition coefficient (Wildman–Crippen LogP) is 3.52. The maximum absolute atomic E-state index is 12.5. The van der Waals surface area contributed by atoms with Crippen LogP contribution in [-0.2, 0) is 10.0 Å². The van der Waals surface area contributed by atoms with E-state index in [9.17, 15) is 18.3 Å². The first-order valence-electron chi connectivity index (χ1n) is 7.18. The SMILES string of the molecule is CC(=O)c1ccccc1S(=O)(=O)Nc1ccc(C(C)C)cc1O. The fraction of sp³-hybridized carbons (Fsp3) is 0.235. The van der Waals surface area contributed by atoms with Gasteiger partial charge < -0.3 is 5.11 Å². The van der Waals surface area contributed by atoms with Crippen molar-refractivity contribution in [1.29, 1.82) is 0 Å². The molecule has 0 aliphatic rings. The van der Waals surface area contributed by atoms with E-state index in [2.05, 4.69) is 4.72 Å². The van der Waals surface area contributed by atoms with Crippen LogP contribution in [0.2, 0.25) is 0 Å². The van der Waals surface area contributed by atoms with Crippen LogP contribution in [0.1, 0.15) is 42.6 Å². The third-order valence-corrected chi connectivity index (χ3v) is 4.91. The van der Waals surface area contributed by atoms with Gasteiger partial charge >= 0.3 is 0 Å². The molecule has 0 fully saturated rings. The molecule has 122 valence electrons. The molecule has 0 aromatic heterocycles. The number of sulfonamides is 1. The highest BCUT2D eigenvalue weighted by molar-refractivity contribution is 7.92. The van der Waals surface area contributed by atoms with Crippen molar-refractivity contribution >= 4 is 21.5 Å². The molecule has 2 aromatic rings. The van der Waals surface area contributed by atoms with Gasteiger partial charge in [-0.2, -0.15) is 0 Å². The van der Waals surface area contributed by atoms with Crippen molar-refractivity contribution in [2.45, 2.75) is 31.6 Å². The van der Waals surface area contributed by atoms with Crippen molar-refractivity contribution in [2.24, 2.45) is 0 Å². The molecule has 6 heteroatoms. The first-order valence-corrected chi connectivity index (χ1v) is 8.66. The van der Waals surface area contributed by atoms with Crippen molar-refractivity contribution in [1.82, 2.24) is 0 Å². The Morgan fingerprint density at radius 3 is 2.35 bits per heavy atom. The Hall–Kier alpha value is -2.34. The topological polar surface area (TPSA) is 83.5 Å². The Bertz CT molecular complexity index is 841. The molecule has 0 aliphatic carbocycles. The fourth-order valence-electron chi connectivity index (χ4n) is 2.19. The first kappa shape index (κ1) is 17.0. The number of carbonyl (C=O) groups is 1. The highest BCUT2D eigenvalue weighted by Gasteiger charge is 2.21. The smallest absolute Gasteiger partial charge is 0.262 e. The molecular formula is C17H19NO4S. The molecule has 23 heavy (non-hydrogen) atoms. The van der Waals surface area contributed by atoms with E-state index in [0.717, 1.165) is 5.56 Å². The van der Waals surface area contributed by atoms with Gasteiger partial charge in [-0.1, -0.05) is 38.1 Å². The van der Waals surface area contributed by atoms with E-state index in [1.54, 1.807) is 18.2 Å². The number of phenols is 1. The summed E-state index contributed by atoms with van der Waals surface area (Å²) in [6, 6.07) is 10.8. The molecule has 0 heterocycles. The minimum atomic E-state index is -3.98. The molecule has 0 saturated carbocycles. The van der Waals surface area contributed by atoms with Gasteiger partial charge in [0.05, 0.1) is 10.6 Å². The maximum Gasteiger partial charge on any atom is 0.262 e. The number of hydrogen-bond acceptors (Lipinski definition) is 4. The van der Waals surface area contributed by atoms with Crippen LogP contribution in [-0.4, -0.2) is 19.3 Å². The van der Waals surface area contributed by atoms with Crippen molar-refractivity contribution < 1.29 is 18.3 Å². The van der Waals surface area contributed by atoms with E-state index in [-0.39, 0.29) is 33.6 Å². The van der Waals surface area contributed by atoms with Gasteiger partial charge in [0.25, 0.3) is 10.0 Å². The molecule has 2 N–H and O–H groups in total. The number of anilines is 1. The molecule has 2 rings (SSSR count). The molecule has 0 spiro atoms. The van der Waals surface area contributed by atoms with Crippen LogP contribution in [0, 0.1) is 0 Å². The lowest BCUT2D eigenvalue weighted by Crippen LogP contribution is -2.16. The largest absolute Gasteiger partial charge is 0.506 e. The molecule has 2 aromatic carbocycles. The zero-order valence-electron chi connectivity index (χ0n) is 13.2. The molecule has 0 amide bonds. The summed E-state index contributed by atoms with van der Waals surface area (Å²) in [7, 11) is -3.98. The summed E-state index contributed by atoms with van der Waals surface area (Å²) in [4.78, 5) is 11.5. The number of aromatic hydroxyl groups is 1. The van der Waals surface area contributed by atoms with Crippen LogP contribution in [0.3, 0.4) is 0 Å². The third-order valence-electron chi connectivity index (χ3n) is 3.49. The fourth-order valence-corrected chi connectivity index (χ4v) is 3.52. The van der Waals surface area contributed by atoms with Gasteiger partial charge in [-0.25, -0.2) is 8.42 Å². The Kier molecular flexibility index (Phi) is 4.75. The molecule has 5 nitrogen and oxygen atoms in total. The average molecular weight is 333 g/mol. The Morgan fingerprint density at radius 2 is 1.78 bits per heavy atom. The number of benzene rings is 2. The van der Waals surface area contributed by atoms with Crippen LogP contribution in [0.15, 0.2) is 47.4 Å². The Labute approximate surface area is 136 Å². The molecule has 0 saturated heterocycles. The number of rotatable bonds is 5. The van der Waals surface area contributed by atoms with Crippen molar-refractivity contribution in [3.8, 4) is 5.75 Å². The molecule has 0 atom stereocenters. The summed E-state index contributed by atoms with van der Waals surface area (Å²) in [5.74, 6) is -0.282. The van der Waals surface area contributed by atoms with Gasteiger partial charge in [0.2, 0.25) is 0 Å². The summed E-state index contributed by atoms with van der Waals surface area (Å²) in [5.41, 5.74) is 1.08. The van der Waals surface area contributed by atoms with Gasteiger partial charge in [-0.15, -0.1) is 0 Å². The monoisotopic (exact) mass is 333 g/mol. The van der Waals surface area contributed by atoms with E-state index < -0.39 is 10.0 Å². The lowest BCUT2D eigenvalue weighted by molar-refractivity contribution is 0.101. The van der Waals surface area contributed by atoms with Crippen molar-refractivity contribution in [2.75, 3.05) is 4.72 Å². The van der Waals surface area contributed by atoms with Crippen LogP contribution in [0.4, 0.5) is 5.69 Å². The second-order valence-electron chi connectivity index (χ2n) is 5.59. The Morgan fingerprint density at radius 1 is 1.13 bits per heavy atom. The molecule has 0 bridgehead atoms. The average Bonchev–Trinajstić information content (AvgIpc) is 2.49. The van der Waals surface area contributed by atoms with E-state index in [4.69, 9.17) is 0 Å². The molecule has 0 unspecified atom stereocenters. The molecule has 0 aliphatic heterocycles. The number of phenolic OH excluding ortho intramolecular Hbond substituents is 1. The molecular weight excluding hydrogens is 314 g/mol. The van der Waals surface area contributed by atoms with Gasteiger partial charge in [0, 0.05) is 5.56 Å². The molecule has 0 radical (unpaired) electrons. The van der Waals surface area contributed by atoms with Crippen LogP contribution < -0.4 is 4.72 Å². The van der Waals surface area contributed by atoms with Crippen LogP contribution in [0.25, 0.3) is 0 Å². The van der Waals surface area contributed by atoms with Gasteiger partial charge in [0.15, 0.2) is 5.78 Å². The highest BCUT2D eigenvalue weighted by atomic mass is 32.2. The standard InChI is InChI=1S/C17H19NO4S/c1-11(2)13-8-9-15(16(20)10-13)18-23(21,22)17-7-5-4-6-14(17)12(3)19/h4-11,18,20H,1-3H3. The first-order chi connectivity index (χ1) is 10.7. The number of nitrogens with one attached hydrogen (secondary N) is 1. The predicted molar refractivity (Wildman–Crippen MR) is 89.5 cm³/mol. The van der Waals surface area contributed by atoms with E-state index in [1.165, 1.54) is 31.2 Å². The lowest BCUT2D eigenvalue weighted by Gasteiger charge is -2.13. The Balaban J connectivity index is 2.42. The van der Waals surface area contributed by atoms with Gasteiger partial charge in [-0.05, 0) is 36.6 Å².